The highest BCUT2D eigenvalue weighted by molar-refractivity contribution is 7.89. The van der Waals surface area contributed by atoms with Gasteiger partial charge in [-0.25, -0.2) is 13.1 Å². The van der Waals surface area contributed by atoms with E-state index in [1.165, 1.54) is 5.56 Å². The van der Waals surface area contributed by atoms with Crippen molar-refractivity contribution in [1.82, 2.24) is 14.9 Å². The fourth-order valence-electron chi connectivity index (χ4n) is 2.93. The first-order chi connectivity index (χ1) is 13.7. The molecule has 0 fully saturated rings. The molecule has 0 saturated carbocycles. The minimum atomic E-state index is -3.56. The summed E-state index contributed by atoms with van der Waals surface area (Å²) < 4.78 is 27.3. The second-order valence-corrected chi connectivity index (χ2v) is 9.30. The Morgan fingerprint density at radius 1 is 1.00 bits per heavy atom. The van der Waals surface area contributed by atoms with Gasteiger partial charge >= 0.3 is 0 Å². The maximum atomic E-state index is 12.4. The summed E-state index contributed by atoms with van der Waals surface area (Å²) in [5.74, 6) is -0.0879. The average Bonchev–Trinajstić information content (AvgIpc) is 2.66. The van der Waals surface area contributed by atoms with Crippen LogP contribution in [0.15, 0.2) is 47.4 Å². The summed E-state index contributed by atoms with van der Waals surface area (Å²) in [5.41, 5.74) is 4.25. The van der Waals surface area contributed by atoms with E-state index in [0.29, 0.717) is 13.0 Å². The molecule has 2 aromatic rings. The SMILES string of the molecule is Cc1ccc(S(=O)(=O)NCCCC(=O)NCc2ccccc2CN(C)C)cc1C. The zero-order chi connectivity index (χ0) is 21.4. The number of nitrogens with zero attached hydrogens (tertiary/aromatic N) is 1. The van der Waals surface area contributed by atoms with Crippen molar-refractivity contribution in [2.24, 2.45) is 0 Å². The summed E-state index contributed by atoms with van der Waals surface area (Å²) in [5, 5.41) is 2.92. The number of benzene rings is 2. The predicted octanol–water partition coefficient (Wildman–Crippen LogP) is 2.74. The summed E-state index contributed by atoms with van der Waals surface area (Å²) in [6, 6.07) is 13.1. The van der Waals surface area contributed by atoms with E-state index in [9.17, 15) is 13.2 Å². The highest BCUT2D eigenvalue weighted by atomic mass is 32.2. The van der Waals surface area contributed by atoms with E-state index in [-0.39, 0.29) is 23.8 Å². The van der Waals surface area contributed by atoms with Crippen molar-refractivity contribution in [2.45, 2.75) is 44.7 Å². The van der Waals surface area contributed by atoms with Crippen LogP contribution in [0.25, 0.3) is 0 Å². The van der Waals surface area contributed by atoms with Gasteiger partial charge in [0.1, 0.15) is 0 Å². The van der Waals surface area contributed by atoms with Crippen LogP contribution < -0.4 is 10.0 Å². The van der Waals surface area contributed by atoms with Crippen LogP contribution >= 0.6 is 0 Å². The molecule has 2 aromatic carbocycles. The third-order valence-corrected chi connectivity index (χ3v) is 6.20. The Hall–Kier alpha value is -2.22. The molecule has 0 radical (unpaired) electrons. The van der Waals surface area contributed by atoms with E-state index < -0.39 is 10.0 Å². The van der Waals surface area contributed by atoms with Crippen molar-refractivity contribution in [2.75, 3.05) is 20.6 Å². The number of aryl methyl sites for hydroxylation is 2. The topological polar surface area (TPSA) is 78.5 Å². The summed E-state index contributed by atoms with van der Waals surface area (Å²) in [6.45, 7) is 5.33. The van der Waals surface area contributed by atoms with Gasteiger partial charge in [-0.05, 0) is 68.8 Å². The molecule has 0 aliphatic heterocycles. The van der Waals surface area contributed by atoms with Crippen LogP contribution in [0.5, 0.6) is 0 Å². The van der Waals surface area contributed by atoms with E-state index >= 15 is 0 Å². The number of carbonyl (C=O) groups is 1. The molecular formula is C22H31N3O3S. The number of hydrogen-bond donors (Lipinski definition) is 2. The van der Waals surface area contributed by atoms with Gasteiger partial charge in [-0.2, -0.15) is 0 Å². The standard InChI is InChI=1S/C22H31N3O3S/c1-17-11-12-21(14-18(17)2)29(27,28)24-13-7-10-22(26)23-15-19-8-5-6-9-20(19)16-25(3)4/h5-6,8-9,11-12,14,24H,7,10,13,15-16H2,1-4H3,(H,23,26). The molecule has 0 atom stereocenters. The predicted molar refractivity (Wildman–Crippen MR) is 116 cm³/mol. The van der Waals surface area contributed by atoms with Gasteiger partial charge in [0.2, 0.25) is 15.9 Å². The van der Waals surface area contributed by atoms with Crippen molar-refractivity contribution in [3.05, 3.63) is 64.7 Å². The second-order valence-electron chi connectivity index (χ2n) is 7.53. The molecule has 0 unspecified atom stereocenters. The largest absolute Gasteiger partial charge is 0.352 e. The summed E-state index contributed by atoms with van der Waals surface area (Å²) in [6.07, 6.45) is 0.709. The number of sulfonamides is 1. The van der Waals surface area contributed by atoms with Gasteiger partial charge in [-0.15, -0.1) is 0 Å². The summed E-state index contributed by atoms with van der Waals surface area (Å²) >= 11 is 0. The third kappa shape index (κ3) is 7.27. The van der Waals surface area contributed by atoms with E-state index in [1.54, 1.807) is 18.2 Å². The summed E-state index contributed by atoms with van der Waals surface area (Å²) in [7, 11) is 0.460. The van der Waals surface area contributed by atoms with Crippen molar-refractivity contribution in [3.63, 3.8) is 0 Å². The molecule has 0 spiro atoms. The first-order valence-corrected chi connectivity index (χ1v) is 11.2. The van der Waals surface area contributed by atoms with Crippen LogP contribution in [0.2, 0.25) is 0 Å². The van der Waals surface area contributed by atoms with Gasteiger partial charge in [0.25, 0.3) is 0 Å². The fraction of sp³-hybridized carbons (Fsp3) is 0.409. The van der Waals surface area contributed by atoms with Gasteiger partial charge in [-0.1, -0.05) is 30.3 Å². The highest BCUT2D eigenvalue weighted by Crippen LogP contribution is 2.14. The van der Waals surface area contributed by atoms with Crippen LogP contribution in [0.4, 0.5) is 0 Å². The van der Waals surface area contributed by atoms with Gasteiger partial charge in [-0.3, -0.25) is 4.79 Å². The maximum absolute atomic E-state index is 12.4. The normalized spacial score (nSPS) is 11.6. The zero-order valence-corrected chi connectivity index (χ0v) is 18.5. The Morgan fingerprint density at radius 3 is 2.34 bits per heavy atom. The molecule has 0 bridgehead atoms. The van der Waals surface area contributed by atoms with Crippen LogP contribution in [0.1, 0.15) is 35.1 Å². The molecule has 2 N–H and O–H groups in total. The van der Waals surface area contributed by atoms with Crippen molar-refractivity contribution < 1.29 is 13.2 Å². The Labute approximate surface area is 174 Å². The quantitative estimate of drug-likeness (QED) is 0.583. The Kier molecular flexibility index (Phi) is 8.37. The van der Waals surface area contributed by atoms with Crippen LogP contribution in [-0.4, -0.2) is 39.9 Å². The van der Waals surface area contributed by atoms with Crippen LogP contribution in [-0.2, 0) is 27.9 Å². The molecule has 0 aromatic heterocycles. The lowest BCUT2D eigenvalue weighted by Gasteiger charge is -2.14. The second kappa shape index (κ2) is 10.5. The van der Waals surface area contributed by atoms with E-state index in [4.69, 9.17) is 0 Å². The number of hydrogen-bond acceptors (Lipinski definition) is 4. The van der Waals surface area contributed by atoms with E-state index in [2.05, 4.69) is 21.0 Å². The molecule has 0 saturated heterocycles. The number of rotatable bonds is 10. The van der Waals surface area contributed by atoms with E-state index in [0.717, 1.165) is 23.2 Å². The monoisotopic (exact) mass is 417 g/mol. The zero-order valence-electron chi connectivity index (χ0n) is 17.7. The lowest BCUT2D eigenvalue weighted by molar-refractivity contribution is -0.121. The van der Waals surface area contributed by atoms with Crippen molar-refractivity contribution in [3.8, 4) is 0 Å². The number of amides is 1. The van der Waals surface area contributed by atoms with Crippen molar-refractivity contribution in [1.29, 1.82) is 0 Å². The number of carbonyl (C=O) groups excluding carboxylic acids is 1. The molecule has 7 heteroatoms. The van der Waals surface area contributed by atoms with Crippen molar-refractivity contribution >= 4 is 15.9 Å². The molecule has 158 valence electrons. The Morgan fingerprint density at radius 2 is 1.69 bits per heavy atom. The minimum Gasteiger partial charge on any atom is -0.352 e. The first-order valence-electron chi connectivity index (χ1n) is 9.74. The number of nitrogens with one attached hydrogen (secondary N) is 2. The molecular weight excluding hydrogens is 386 g/mol. The molecule has 2 rings (SSSR count). The van der Waals surface area contributed by atoms with E-state index in [1.807, 2.05) is 46.1 Å². The molecule has 0 aliphatic carbocycles. The van der Waals surface area contributed by atoms with Gasteiger partial charge in [0.15, 0.2) is 0 Å². The Balaban J connectivity index is 1.78. The van der Waals surface area contributed by atoms with Crippen LogP contribution in [0.3, 0.4) is 0 Å². The molecule has 0 aliphatic rings. The third-order valence-electron chi connectivity index (χ3n) is 4.74. The van der Waals surface area contributed by atoms with Gasteiger partial charge in [0.05, 0.1) is 4.90 Å². The molecule has 1 amide bonds. The van der Waals surface area contributed by atoms with Gasteiger partial charge in [0, 0.05) is 26.1 Å². The smallest absolute Gasteiger partial charge is 0.240 e. The van der Waals surface area contributed by atoms with Gasteiger partial charge < -0.3 is 10.2 Å². The molecule has 6 nitrogen and oxygen atoms in total. The first kappa shape index (κ1) is 23.1. The minimum absolute atomic E-state index is 0.0879. The average molecular weight is 418 g/mol. The highest BCUT2D eigenvalue weighted by Gasteiger charge is 2.14. The summed E-state index contributed by atoms with van der Waals surface area (Å²) in [4.78, 5) is 14.5. The lowest BCUT2D eigenvalue weighted by atomic mass is 10.1. The molecule has 29 heavy (non-hydrogen) atoms. The Bertz CT molecular complexity index is 940. The fourth-order valence-corrected chi connectivity index (χ4v) is 4.09. The molecule has 0 heterocycles. The maximum Gasteiger partial charge on any atom is 0.240 e. The van der Waals surface area contributed by atoms with Crippen LogP contribution in [0, 0.1) is 13.8 Å². The lowest BCUT2D eigenvalue weighted by Crippen LogP contribution is -2.28.